The molecule has 8 heteroatoms. The van der Waals surface area contributed by atoms with E-state index in [4.69, 9.17) is 0 Å². The molecule has 0 heterocycles. The molecule has 208 valence electrons. The van der Waals surface area contributed by atoms with Crippen LogP contribution in [0.3, 0.4) is 0 Å². The SMILES string of the molecule is CCC(C(=O)NC1CCCCC1)N(Cc1ccc(C)cc1)C(=O)CCCN(c1ccc(C)cc1)S(C)(=O)=O. The molecule has 0 bridgehead atoms. The average Bonchev–Trinajstić information content (AvgIpc) is 2.88. The molecule has 0 radical (unpaired) electrons. The van der Waals surface area contributed by atoms with E-state index < -0.39 is 16.1 Å². The summed E-state index contributed by atoms with van der Waals surface area (Å²) in [5.74, 6) is -0.245. The maximum atomic E-state index is 13.6. The highest BCUT2D eigenvalue weighted by Gasteiger charge is 2.30. The van der Waals surface area contributed by atoms with Gasteiger partial charge in [0.05, 0.1) is 11.9 Å². The lowest BCUT2D eigenvalue weighted by Gasteiger charge is -2.33. The van der Waals surface area contributed by atoms with Gasteiger partial charge in [0.2, 0.25) is 21.8 Å². The Labute approximate surface area is 228 Å². The fourth-order valence-corrected chi connectivity index (χ4v) is 6.03. The third-order valence-corrected chi connectivity index (χ3v) is 8.48. The molecule has 0 saturated heterocycles. The molecule has 0 aliphatic heterocycles. The Morgan fingerprint density at radius 3 is 2.08 bits per heavy atom. The number of rotatable bonds is 12. The van der Waals surface area contributed by atoms with Gasteiger partial charge >= 0.3 is 0 Å². The van der Waals surface area contributed by atoms with Crippen LogP contribution in [0.5, 0.6) is 0 Å². The molecule has 1 aliphatic rings. The van der Waals surface area contributed by atoms with Crippen molar-refractivity contribution in [2.75, 3.05) is 17.1 Å². The van der Waals surface area contributed by atoms with Gasteiger partial charge in [-0.15, -0.1) is 0 Å². The van der Waals surface area contributed by atoms with E-state index >= 15 is 0 Å². The van der Waals surface area contributed by atoms with Crippen LogP contribution < -0.4 is 9.62 Å². The normalized spacial score (nSPS) is 15.1. The molecule has 1 fully saturated rings. The van der Waals surface area contributed by atoms with Crippen LogP contribution in [0, 0.1) is 13.8 Å². The molecule has 3 rings (SSSR count). The fourth-order valence-electron chi connectivity index (χ4n) is 5.07. The number of aryl methyl sites for hydroxylation is 2. The van der Waals surface area contributed by atoms with Crippen LogP contribution >= 0.6 is 0 Å². The zero-order chi connectivity index (χ0) is 27.7. The fraction of sp³-hybridized carbons (Fsp3) is 0.533. The number of amides is 2. The van der Waals surface area contributed by atoms with Crippen molar-refractivity contribution in [1.29, 1.82) is 0 Å². The van der Waals surface area contributed by atoms with Gasteiger partial charge in [-0.3, -0.25) is 13.9 Å². The van der Waals surface area contributed by atoms with Crippen molar-refractivity contribution in [3.63, 3.8) is 0 Å². The maximum absolute atomic E-state index is 13.6. The van der Waals surface area contributed by atoms with E-state index in [0.717, 1.165) is 42.4 Å². The Morgan fingerprint density at radius 2 is 1.53 bits per heavy atom. The summed E-state index contributed by atoms with van der Waals surface area (Å²) in [6.45, 7) is 6.43. The first-order chi connectivity index (χ1) is 18.1. The number of hydrogen-bond acceptors (Lipinski definition) is 4. The summed E-state index contributed by atoms with van der Waals surface area (Å²) >= 11 is 0. The zero-order valence-electron chi connectivity index (χ0n) is 23.3. The number of nitrogens with zero attached hydrogens (tertiary/aromatic N) is 2. The quantitative estimate of drug-likeness (QED) is 0.405. The first kappa shape index (κ1) is 29.7. The summed E-state index contributed by atoms with van der Waals surface area (Å²) in [6, 6.07) is 14.9. The van der Waals surface area contributed by atoms with E-state index in [-0.39, 0.29) is 30.8 Å². The molecule has 1 saturated carbocycles. The van der Waals surface area contributed by atoms with E-state index in [0.29, 0.717) is 25.1 Å². The van der Waals surface area contributed by atoms with Crippen LogP contribution in [-0.4, -0.2) is 50.0 Å². The average molecular weight is 542 g/mol. The lowest BCUT2D eigenvalue weighted by atomic mass is 9.95. The molecular weight excluding hydrogens is 498 g/mol. The van der Waals surface area contributed by atoms with Crippen LogP contribution in [0.2, 0.25) is 0 Å². The monoisotopic (exact) mass is 541 g/mol. The van der Waals surface area contributed by atoms with Crippen LogP contribution in [0.25, 0.3) is 0 Å². The Balaban J connectivity index is 1.74. The van der Waals surface area contributed by atoms with Gasteiger partial charge in [-0.2, -0.15) is 0 Å². The molecule has 2 aromatic carbocycles. The summed E-state index contributed by atoms with van der Waals surface area (Å²) in [6.07, 6.45) is 7.59. The number of anilines is 1. The van der Waals surface area contributed by atoms with Crippen molar-refractivity contribution in [1.82, 2.24) is 10.2 Å². The molecule has 1 atom stereocenters. The smallest absolute Gasteiger partial charge is 0.243 e. The predicted octanol–water partition coefficient (Wildman–Crippen LogP) is 5.11. The van der Waals surface area contributed by atoms with E-state index in [1.54, 1.807) is 17.0 Å². The zero-order valence-corrected chi connectivity index (χ0v) is 24.1. The summed E-state index contributed by atoms with van der Waals surface area (Å²) in [5, 5.41) is 3.20. The highest BCUT2D eigenvalue weighted by molar-refractivity contribution is 7.92. The molecule has 1 aliphatic carbocycles. The second-order valence-corrected chi connectivity index (χ2v) is 12.5. The van der Waals surface area contributed by atoms with Crippen molar-refractivity contribution >= 4 is 27.5 Å². The predicted molar refractivity (Wildman–Crippen MR) is 153 cm³/mol. The Kier molecular flexibility index (Phi) is 10.8. The Bertz CT molecular complexity index is 1160. The summed E-state index contributed by atoms with van der Waals surface area (Å²) in [5.41, 5.74) is 3.72. The van der Waals surface area contributed by atoms with E-state index in [9.17, 15) is 18.0 Å². The van der Waals surface area contributed by atoms with Gasteiger partial charge in [-0.25, -0.2) is 8.42 Å². The summed E-state index contributed by atoms with van der Waals surface area (Å²) < 4.78 is 26.4. The highest BCUT2D eigenvalue weighted by Crippen LogP contribution is 2.21. The molecule has 2 amide bonds. The molecule has 1 N–H and O–H groups in total. The van der Waals surface area contributed by atoms with Crippen molar-refractivity contribution in [2.45, 2.75) is 90.8 Å². The van der Waals surface area contributed by atoms with Crippen molar-refractivity contribution in [2.24, 2.45) is 0 Å². The standard InChI is InChI=1S/C30H43N3O4S/c1-5-28(30(35)31-26-10-7-6-8-11-26)32(22-25-17-13-23(2)14-18-25)29(34)12-9-21-33(38(4,36)37)27-19-15-24(3)16-20-27/h13-20,26,28H,5-12,21-22H2,1-4H3,(H,31,35). The van der Waals surface area contributed by atoms with Crippen LogP contribution in [0.1, 0.15) is 75.0 Å². The van der Waals surface area contributed by atoms with Gasteiger partial charge in [-0.05, 0) is 57.2 Å². The minimum absolute atomic E-state index is 0.0997. The van der Waals surface area contributed by atoms with Gasteiger partial charge in [0, 0.05) is 25.6 Å². The third kappa shape index (κ3) is 8.58. The molecule has 0 spiro atoms. The molecular formula is C30H43N3O4S. The van der Waals surface area contributed by atoms with Gasteiger partial charge < -0.3 is 10.2 Å². The number of hydrogen-bond donors (Lipinski definition) is 1. The second kappa shape index (κ2) is 13.8. The van der Waals surface area contributed by atoms with Gasteiger partial charge in [0.25, 0.3) is 0 Å². The second-order valence-electron chi connectivity index (χ2n) is 10.5. The first-order valence-corrected chi connectivity index (χ1v) is 15.6. The Morgan fingerprint density at radius 1 is 0.947 bits per heavy atom. The van der Waals surface area contributed by atoms with Crippen LogP contribution in [0.15, 0.2) is 48.5 Å². The van der Waals surface area contributed by atoms with Gasteiger partial charge in [0.1, 0.15) is 6.04 Å². The van der Waals surface area contributed by atoms with Gasteiger partial charge in [-0.1, -0.05) is 73.7 Å². The van der Waals surface area contributed by atoms with Crippen molar-refractivity contribution in [3.05, 3.63) is 65.2 Å². The molecule has 7 nitrogen and oxygen atoms in total. The minimum Gasteiger partial charge on any atom is -0.352 e. The van der Waals surface area contributed by atoms with E-state index in [2.05, 4.69) is 5.32 Å². The van der Waals surface area contributed by atoms with E-state index in [1.165, 1.54) is 17.0 Å². The number of benzene rings is 2. The van der Waals surface area contributed by atoms with Crippen LogP contribution in [-0.2, 0) is 26.2 Å². The number of sulfonamides is 1. The van der Waals surface area contributed by atoms with Crippen molar-refractivity contribution in [3.8, 4) is 0 Å². The maximum Gasteiger partial charge on any atom is 0.243 e. The lowest BCUT2D eigenvalue weighted by Crippen LogP contribution is -2.51. The summed E-state index contributed by atoms with van der Waals surface area (Å²) in [7, 11) is -3.51. The van der Waals surface area contributed by atoms with Crippen LogP contribution in [0.4, 0.5) is 5.69 Å². The lowest BCUT2D eigenvalue weighted by molar-refractivity contribution is -0.141. The minimum atomic E-state index is -3.51. The number of carbonyl (C=O) groups is 2. The molecule has 1 unspecified atom stereocenters. The highest BCUT2D eigenvalue weighted by atomic mass is 32.2. The third-order valence-electron chi connectivity index (χ3n) is 7.29. The summed E-state index contributed by atoms with van der Waals surface area (Å²) in [4.78, 5) is 28.6. The van der Waals surface area contributed by atoms with E-state index in [1.807, 2.05) is 57.2 Å². The number of carbonyl (C=O) groups excluding carboxylic acids is 2. The van der Waals surface area contributed by atoms with Crippen molar-refractivity contribution < 1.29 is 18.0 Å². The largest absolute Gasteiger partial charge is 0.352 e. The Hall–Kier alpha value is -2.87. The molecule has 38 heavy (non-hydrogen) atoms. The molecule has 0 aromatic heterocycles. The van der Waals surface area contributed by atoms with Gasteiger partial charge in [0.15, 0.2) is 0 Å². The molecule has 2 aromatic rings. The number of nitrogens with one attached hydrogen (secondary N) is 1. The first-order valence-electron chi connectivity index (χ1n) is 13.8. The topological polar surface area (TPSA) is 86.8 Å².